The Morgan fingerprint density at radius 3 is 2.61 bits per heavy atom. The minimum atomic E-state index is -4.40. The first-order valence-electron chi connectivity index (χ1n) is 5.14. The van der Waals surface area contributed by atoms with Gasteiger partial charge in [-0.1, -0.05) is 12.1 Å². The van der Waals surface area contributed by atoms with Gasteiger partial charge in [-0.15, -0.1) is 0 Å². The summed E-state index contributed by atoms with van der Waals surface area (Å²) in [5.74, 6) is 0.133. The van der Waals surface area contributed by atoms with Crippen molar-refractivity contribution in [3.63, 3.8) is 0 Å². The number of hydrogen-bond acceptors (Lipinski definition) is 4. The Balaban J connectivity index is 2.41. The fourth-order valence-corrected chi connectivity index (χ4v) is 1.42. The molecule has 7 heteroatoms. The Hall–Kier alpha value is -2.05. The lowest BCUT2D eigenvalue weighted by Crippen LogP contribution is -2.20. The predicted molar refractivity (Wildman–Crippen MR) is 60.6 cm³/mol. The third-order valence-corrected chi connectivity index (χ3v) is 2.16. The molecule has 96 valence electrons. The first kappa shape index (κ1) is 12.4. The minimum absolute atomic E-state index is 0.0812. The maximum absolute atomic E-state index is 12.1. The zero-order valence-corrected chi connectivity index (χ0v) is 9.45. The van der Waals surface area contributed by atoms with E-state index in [4.69, 9.17) is 4.74 Å². The van der Waals surface area contributed by atoms with Crippen molar-refractivity contribution in [3.05, 3.63) is 24.3 Å². The SMILES string of the molecule is CNc1nc(OCC(F)(F)F)c2ccccc2n1. The van der Waals surface area contributed by atoms with Crippen LogP contribution in [0, 0.1) is 0 Å². The van der Waals surface area contributed by atoms with E-state index in [0.29, 0.717) is 10.9 Å². The lowest BCUT2D eigenvalue weighted by molar-refractivity contribution is -0.153. The number of alkyl halides is 3. The Bertz CT molecular complexity index is 557. The molecule has 18 heavy (non-hydrogen) atoms. The second-order valence-electron chi connectivity index (χ2n) is 3.52. The van der Waals surface area contributed by atoms with Crippen LogP contribution >= 0.6 is 0 Å². The van der Waals surface area contributed by atoms with Gasteiger partial charge in [0.25, 0.3) is 0 Å². The molecule has 0 aliphatic heterocycles. The largest absolute Gasteiger partial charge is 0.467 e. The number of benzene rings is 1. The lowest BCUT2D eigenvalue weighted by atomic mass is 10.2. The summed E-state index contributed by atoms with van der Waals surface area (Å²) in [6, 6.07) is 6.71. The van der Waals surface area contributed by atoms with Crippen LogP contribution in [0.1, 0.15) is 0 Å². The molecular weight excluding hydrogens is 247 g/mol. The van der Waals surface area contributed by atoms with Gasteiger partial charge >= 0.3 is 6.18 Å². The number of ether oxygens (including phenoxy) is 1. The van der Waals surface area contributed by atoms with Gasteiger partial charge < -0.3 is 10.1 Å². The molecule has 0 aliphatic rings. The van der Waals surface area contributed by atoms with Gasteiger partial charge in [0.1, 0.15) is 0 Å². The summed E-state index contributed by atoms with van der Waals surface area (Å²) in [4.78, 5) is 7.99. The highest BCUT2D eigenvalue weighted by molar-refractivity contribution is 5.84. The maximum atomic E-state index is 12.1. The Morgan fingerprint density at radius 1 is 1.22 bits per heavy atom. The summed E-state index contributed by atoms with van der Waals surface area (Å²) in [6.45, 7) is -1.38. The molecule has 1 heterocycles. The van der Waals surface area contributed by atoms with Gasteiger partial charge in [0.15, 0.2) is 6.61 Å². The van der Waals surface area contributed by atoms with E-state index in [9.17, 15) is 13.2 Å². The topological polar surface area (TPSA) is 47.0 Å². The van der Waals surface area contributed by atoms with Crippen molar-refractivity contribution in [1.82, 2.24) is 9.97 Å². The molecule has 0 unspecified atom stereocenters. The standard InChI is InChI=1S/C11H10F3N3O/c1-15-10-16-8-5-3-2-4-7(8)9(17-10)18-6-11(12,13)14/h2-5H,6H2,1H3,(H,15,16,17). The molecule has 0 saturated heterocycles. The number of fused-ring (bicyclic) bond motifs is 1. The lowest BCUT2D eigenvalue weighted by Gasteiger charge is -2.11. The second-order valence-corrected chi connectivity index (χ2v) is 3.52. The van der Waals surface area contributed by atoms with Crippen LogP contribution < -0.4 is 10.1 Å². The van der Waals surface area contributed by atoms with Crippen molar-refractivity contribution in [2.24, 2.45) is 0 Å². The van der Waals surface area contributed by atoms with Crippen molar-refractivity contribution >= 4 is 16.9 Å². The van der Waals surface area contributed by atoms with Crippen molar-refractivity contribution in [3.8, 4) is 5.88 Å². The molecule has 0 amide bonds. The van der Waals surface area contributed by atoms with Crippen LogP contribution in [0.5, 0.6) is 5.88 Å². The fourth-order valence-electron chi connectivity index (χ4n) is 1.42. The molecule has 0 aliphatic carbocycles. The highest BCUT2D eigenvalue weighted by Crippen LogP contribution is 2.25. The third-order valence-electron chi connectivity index (χ3n) is 2.16. The zero-order chi connectivity index (χ0) is 13.2. The molecule has 0 fully saturated rings. The van der Waals surface area contributed by atoms with Gasteiger partial charge in [-0.25, -0.2) is 4.98 Å². The summed E-state index contributed by atoms with van der Waals surface area (Å²) in [6.07, 6.45) is -4.40. The van der Waals surface area contributed by atoms with Crippen molar-refractivity contribution in [2.45, 2.75) is 6.18 Å². The number of anilines is 1. The molecular formula is C11H10F3N3O. The van der Waals surface area contributed by atoms with E-state index in [0.717, 1.165) is 0 Å². The summed E-state index contributed by atoms with van der Waals surface area (Å²) in [5.41, 5.74) is 0.522. The summed E-state index contributed by atoms with van der Waals surface area (Å²) in [7, 11) is 1.58. The van der Waals surface area contributed by atoms with Gasteiger partial charge in [0.2, 0.25) is 11.8 Å². The van der Waals surface area contributed by atoms with E-state index in [1.54, 1.807) is 31.3 Å². The Labute approximate surface area is 101 Å². The van der Waals surface area contributed by atoms with Crippen LogP contribution in [-0.2, 0) is 0 Å². The number of aromatic nitrogens is 2. The van der Waals surface area contributed by atoms with Crippen LogP contribution in [0.15, 0.2) is 24.3 Å². The summed E-state index contributed by atoms with van der Waals surface area (Å²) < 4.78 is 41.1. The molecule has 1 N–H and O–H groups in total. The van der Waals surface area contributed by atoms with Crippen LogP contribution in [0.4, 0.5) is 19.1 Å². The first-order valence-corrected chi connectivity index (χ1v) is 5.14. The van der Waals surface area contributed by atoms with Gasteiger partial charge in [0.05, 0.1) is 10.9 Å². The average molecular weight is 257 g/mol. The van der Waals surface area contributed by atoms with Crippen LogP contribution in [-0.4, -0.2) is 29.8 Å². The highest BCUT2D eigenvalue weighted by Gasteiger charge is 2.29. The fraction of sp³-hybridized carbons (Fsp3) is 0.273. The summed E-state index contributed by atoms with van der Waals surface area (Å²) >= 11 is 0. The molecule has 0 saturated carbocycles. The van der Waals surface area contributed by atoms with E-state index in [-0.39, 0.29) is 11.8 Å². The van der Waals surface area contributed by atoms with Gasteiger partial charge in [0, 0.05) is 7.05 Å². The van der Waals surface area contributed by atoms with E-state index >= 15 is 0 Å². The zero-order valence-electron chi connectivity index (χ0n) is 9.45. The third kappa shape index (κ3) is 2.79. The molecule has 4 nitrogen and oxygen atoms in total. The van der Waals surface area contributed by atoms with E-state index in [1.807, 2.05) is 0 Å². The first-order chi connectivity index (χ1) is 8.49. The van der Waals surface area contributed by atoms with Crippen molar-refractivity contribution in [1.29, 1.82) is 0 Å². The van der Waals surface area contributed by atoms with E-state index in [2.05, 4.69) is 15.3 Å². The predicted octanol–water partition coefficient (Wildman–Crippen LogP) is 2.61. The van der Waals surface area contributed by atoms with Crippen molar-refractivity contribution in [2.75, 3.05) is 19.0 Å². The minimum Gasteiger partial charge on any atom is -0.467 e. The molecule has 1 aromatic heterocycles. The van der Waals surface area contributed by atoms with Crippen LogP contribution in [0.3, 0.4) is 0 Å². The molecule has 1 aromatic carbocycles. The monoisotopic (exact) mass is 257 g/mol. The number of para-hydroxylation sites is 1. The molecule has 0 atom stereocenters. The molecule has 2 rings (SSSR count). The number of nitrogens with one attached hydrogen (secondary N) is 1. The smallest absolute Gasteiger partial charge is 0.422 e. The Morgan fingerprint density at radius 2 is 1.94 bits per heavy atom. The Kier molecular flexibility index (Phi) is 3.22. The highest BCUT2D eigenvalue weighted by atomic mass is 19.4. The molecule has 0 spiro atoms. The second kappa shape index (κ2) is 4.67. The van der Waals surface area contributed by atoms with Crippen LogP contribution in [0.2, 0.25) is 0 Å². The quantitative estimate of drug-likeness (QED) is 0.918. The number of nitrogens with zero attached hydrogens (tertiary/aromatic N) is 2. The van der Waals surface area contributed by atoms with Gasteiger partial charge in [-0.05, 0) is 12.1 Å². The average Bonchev–Trinajstić information content (AvgIpc) is 2.34. The van der Waals surface area contributed by atoms with E-state index in [1.165, 1.54) is 0 Å². The molecule has 0 bridgehead atoms. The maximum Gasteiger partial charge on any atom is 0.422 e. The number of hydrogen-bond donors (Lipinski definition) is 1. The van der Waals surface area contributed by atoms with Crippen LogP contribution in [0.25, 0.3) is 10.9 Å². The van der Waals surface area contributed by atoms with Gasteiger partial charge in [-0.3, -0.25) is 0 Å². The van der Waals surface area contributed by atoms with Gasteiger partial charge in [-0.2, -0.15) is 18.2 Å². The normalized spacial score (nSPS) is 11.6. The molecule has 0 radical (unpaired) electrons. The number of halogens is 3. The summed E-state index contributed by atoms with van der Waals surface area (Å²) in [5, 5.41) is 3.12. The number of rotatable bonds is 3. The molecule has 2 aromatic rings. The van der Waals surface area contributed by atoms with Crippen molar-refractivity contribution < 1.29 is 17.9 Å². The van der Waals surface area contributed by atoms with E-state index < -0.39 is 12.8 Å².